The Kier molecular flexibility index (Phi) is 5.24. The maximum Gasteiger partial charge on any atom is 0.258 e. The van der Waals surface area contributed by atoms with Crippen LogP contribution in [0.5, 0.6) is 5.75 Å². The predicted molar refractivity (Wildman–Crippen MR) is 118 cm³/mol. The minimum atomic E-state index is -0.474. The first-order valence-electron chi connectivity index (χ1n) is 10.4. The number of carbonyl (C=O) groups is 1. The lowest BCUT2D eigenvalue weighted by molar-refractivity contribution is 0.0745. The van der Waals surface area contributed by atoms with Crippen LogP contribution < -0.4 is 4.74 Å². The van der Waals surface area contributed by atoms with Gasteiger partial charge in [0.2, 0.25) is 0 Å². The van der Waals surface area contributed by atoms with E-state index < -0.39 is 5.82 Å². The predicted octanol–water partition coefficient (Wildman–Crippen LogP) is 3.04. The Hall–Kier alpha value is -3.53. The van der Waals surface area contributed by atoms with E-state index in [-0.39, 0.29) is 18.3 Å². The van der Waals surface area contributed by atoms with E-state index in [0.29, 0.717) is 41.4 Å². The van der Waals surface area contributed by atoms with E-state index in [4.69, 9.17) is 16.3 Å². The first kappa shape index (κ1) is 21.3. The molecular formula is C22H21ClFN7O2. The summed E-state index contributed by atoms with van der Waals surface area (Å²) in [6, 6.07) is 3.94. The largest absolute Gasteiger partial charge is 0.492 e. The van der Waals surface area contributed by atoms with Gasteiger partial charge in [0.1, 0.15) is 11.6 Å². The van der Waals surface area contributed by atoms with Gasteiger partial charge in [-0.2, -0.15) is 5.10 Å². The van der Waals surface area contributed by atoms with Gasteiger partial charge >= 0.3 is 0 Å². The fraction of sp³-hybridized carbons (Fsp3) is 0.318. The van der Waals surface area contributed by atoms with Gasteiger partial charge in [0.25, 0.3) is 5.91 Å². The molecule has 0 N–H and O–H groups in total. The van der Waals surface area contributed by atoms with Gasteiger partial charge < -0.3 is 9.64 Å². The van der Waals surface area contributed by atoms with Crippen LogP contribution in [0.4, 0.5) is 4.39 Å². The number of benzene rings is 1. The summed E-state index contributed by atoms with van der Waals surface area (Å²) in [6.45, 7) is 4.66. The number of rotatable bonds is 5. The van der Waals surface area contributed by atoms with Crippen LogP contribution in [0, 0.1) is 19.7 Å². The average molecular weight is 470 g/mol. The number of aryl methyl sites for hydroxylation is 3. The van der Waals surface area contributed by atoms with Crippen LogP contribution in [0.15, 0.2) is 24.4 Å². The van der Waals surface area contributed by atoms with E-state index in [9.17, 15) is 9.18 Å². The molecular weight excluding hydrogens is 449 g/mol. The summed E-state index contributed by atoms with van der Waals surface area (Å²) in [4.78, 5) is 19.6. The third-order valence-corrected chi connectivity index (χ3v) is 6.39. The lowest BCUT2D eigenvalue weighted by Crippen LogP contribution is -2.26. The van der Waals surface area contributed by atoms with Gasteiger partial charge in [-0.1, -0.05) is 16.8 Å². The van der Waals surface area contributed by atoms with E-state index in [0.717, 1.165) is 22.6 Å². The third kappa shape index (κ3) is 3.70. The molecule has 1 aliphatic rings. The quantitative estimate of drug-likeness (QED) is 0.446. The number of nitrogens with zero attached hydrogens (tertiary/aromatic N) is 7. The van der Waals surface area contributed by atoms with Crippen LogP contribution in [-0.4, -0.2) is 47.0 Å². The molecule has 0 spiro atoms. The van der Waals surface area contributed by atoms with Gasteiger partial charge in [-0.25, -0.2) is 13.9 Å². The summed E-state index contributed by atoms with van der Waals surface area (Å²) in [6.07, 6.45) is 2.16. The zero-order valence-electron chi connectivity index (χ0n) is 18.3. The van der Waals surface area contributed by atoms with Gasteiger partial charge in [-0.05, 0) is 26.0 Å². The van der Waals surface area contributed by atoms with Crippen molar-refractivity contribution < 1.29 is 13.9 Å². The monoisotopic (exact) mass is 469 g/mol. The smallest absolute Gasteiger partial charge is 0.258 e. The molecule has 5 rings (SSSR count). The molecule has 0 atom stereocenters. The van der Waals surface area contributed by atoms with E-state index in [2.05, 4.69) is 20.4 Å². The van der Waals surface area contributed by atoms with Crippen molar-refractivity contribution in [1.29, 1.82) is 0 Å². The normalized spacial score (nSPS) is 13.1. The SMILES string of the molecule is Cc1nc2c3c(nn2c(C)c1Cl)CN(C(=O)c1ccc(F)cc1OCCc1cnnn1C)C3. The molecule has 0 unspecified atom stereocenters. The molecule has 0 aliphatic carbocycles. The molecule has 1 aliphatic heterocycles. The fourth-order valence-corrected chi connectivity index (χ4v) is 4.14. The van der Waals surface area contributed by atoms with Crippen molar-refractivity contribution >= 4 is 23.2 Å². The number of halogens is 2. The fourth-order valence-electron chi connectivity index (χ4n) is 4.02. The average Bonchev–Trinajstić information content (AvgIpc) is 3.47. The summed E-state index contributed by atoms with van der Waals surface area (Å²) in [7, 11) is 1.78. The molecule has 0 fully saturated rings. The summed E-state index contributed by atoms with van der Waals surface area (Å²) in [5, 5.41) is 12.9. The molecule has 0 saturated heterocycles. The lowest BCUT2D eigenvalue weighted by Gasteiger charge is -2.18. The standard InChI is InChI=1S/C22H21ClFN7O2/c1-12-20(23)13(2)31-21(26-12)17-10-30(11-18(17)27-31)22(32)16-5-4-14(24)8-19(16)33-7-6-15-9-25-28-29(15)3/h4-5,8-9H,6-7,10-11H2,1-3H3. The van der Waals surface area contributed by atoms with Crippen molar-refractivity contribution in [3.63, 3.8) is 0 Å². The minimum Gasteiger partial charge on any atom is -0.492 e. The number of hydrogen-bond acceptors (Lipinski definition) is 6. The van der Waals surface area contributed by atoms with Gasteiger partial charge in [-0.15, -0.1) is 5.10 Å². The summed E-state index contributed by atoms with van der Waals surface area (Å²) >= 11 is 6.31. The van der Waals surface area contributed by atoms with Gasteiger partial charge in [0.15, 0.2) is 5.65 Å². The van der Waals surface area contributed by atoms with Crippen molar-refractivity contribution in [2.75, 3.05) is 6.61 Å². The van der Waals surface area contributed by atoms with E-state index >= 15 is 0 Å². The number of fused-ring (bicyclic) bond motifs is 3. The first-order valence-corrected chi connectivity index (χ1v) is 10.8. The molecule has 4 heterocycles. The number of aromatic nitrogens is 6. The Bertz CT molecular complexity index is 1400. The molecule has 33 heavy (non-hydrogen) atoms. The minimum absolute atomic E-state index is 0.200. The third-order valence-electron chi connectivity index (χ3n) is 5.84. The van der Waals surface area contributed by atoms with Crippen molar-refractivity contribution in [2.24, 2.45) is 7.05 Å². The number of ether oxygens (including phenoxy) is 1. The van der Waals surface area contributed by atoms with E-state index in [1.165, 1.54) is 18.2 Å². The van der Waals surface area contributed by atoms with E-state index in [1.807, 2.05) is 13.8 Å². The Morgan fingerprint density at radius 3 is 2.85 bits per heavy atom. The molecule has 11 heteroatoms. The number of carbonyl (C=O) groups excluding carboxylic acids is 1. The highest BCUT2D eigenvalue weighted by Gasteiger charge is 2.31. The van der Waals surface area contributed by atoms with Crippen LogP contribution in [-0.2, 0) is 26.6 Å². The molecule has 9 nitrogen and oxygen atoms in total. The number of hydrogen-bond donors (Lipinski definition) is 0. The number of amides is 1. The van der Waals surface area contributed by atoms with Gasteiger partial charge in [0, 0.05) is 25.1 Å². The Labute approximate surface area is 193 Å². The van der Waals surface area contributed by atoms with Gasteiger partial charge in [-0.3, -0.25) is 9.48 Å². The Balaban J connectivity index is 1.37. The van der Waals surface area contributed by atoms with Crippen LogP contribution in [0.2, 0.25) is 5.02 Å². The first-order chi connectivity index (χ1) is 15.8. The maximum absolute atomic E-state index is 13.9. The van der Waals surface area contributed by atoms with Crippen LogP contribution >= 0.6 is 11.6 Å². The second-order valence-electron chi connectivity index (χ2n) is 8.01. The molecule has 4 aromatic rings. The highest BCUT2D eigenvalue weighted by molar-refractivity contribution is 6.31. The highest BCUT2D eigenvalue weighted by atomic mass is 35.5. The molecule has 0 radical (unpaired) electrons. The molecule has 1 amide bonds. The van der Waals surface area contributed by atoms with Crippen LogP contribution in [0.25, 0.3) is 5.65 Å². The summed E-state index contributed by atoms with van der Waals surface area (Å²) < 4.78 is 23.1. The maximum atomic E-state index is 13.9. The molecule has 170 valence electrons. The van der Waals surface area contributed by atoms with Crippen LogP contribution in [0.3, 0.4) is 0 Å². The van der Waals surface area contributed by atoms with Crippen molar-refractivity contribution in [3.8, 4) is 5.75 Å². The zero-order chi connectivity index (χ0) is 23.3. The Morgan fingerprint density at radius 1 is 1.27 bits per heavy atom. The van der Waals surface area contributed by atoms with Crippen LogP contribution in [0.1, 0.15) is 38.7 Å². The topological polar surface area (TPSA) is 90.4 Å². The second-order valence-corrected chi connectivity index (χ2v) is 8.38. The highest BCUT2D eigenvalue weighted by Crippen LogP contribution is 2.31. The van der Waals surface area contributed by atoms with Crippen molar-refractivity contribution in [2.45, 2.75) is 33.4 Å². The lowest BCUT2D eigenvalue weighted by atomic mass is 10.1. The van der Waals surface area contributed by atoms with Gasteiger partial charge in [0.05, 0.1) is 59.3 Å². The molecule has 3 aromatic heterocycles. The zero-order valence-corrected chi connectivity index (χ0v) is 19.1. The van der Waals surface area contributed by atoms with Crippen molar-refractivity contribution in [1.82, 2.24) is 34.5 Å². The summed E-state index contributed by atoms with van der Waals surface area (Å²) in [5.74, 6) is -0.533. The Morgan fingerprint density at radius 2 is 2.09 bits per heavy atom. The van der Waals surface area contributed by atoms with Crippen molar-refractivity contribution in [3.05, 3.63) is 69.1 Å². The molecule has 0 saturated carbocycles. The molecule has 1 aromatic carbocycles. The summed E-state index contributed by atoms with van der Waals surface area (Å²) in [5.41, 5.74) is 5.05. The second kappa shape index (κ2) is 8.11. The van der Waals surface area contributed by atoms with E-state index in [1.54, 1.807) is 27.3 Å². The molecule has 0 bridgehead atoms.